The molecule has 2 N–H and O–H groups in total. The van der Waals surface area contributed by atoms with Crippen LogP contribution in [0.5, 0.6) is 0 Å². The van der Waals surface area contributed by atoms with Crippen molar-refractivity contribution in [3.63, 3.8) is 0 Å². The van der Waals surface area contributed by atoms with Crippen molar-refractivity contribution in [3.05, 3.63) is 0 Å². The molecule has 0 aromatic heterocycles. The Morgan fingerprint density at radius 3 is 2.63 bits per heavy atom. The molecule has 1 rings (SSSR count). The van der Waals surface area contributed by atoms with Gasteiger partial charge in [0.05, 0.1) is 0 Å². The molecule has 7 heteroatoms. The summed E-state index contributed by atoms with van der Waals surface area (Å²) in [6, 6.07) is -0.284. The van der Waals surface area contributed by atoms with Crippen LogP contribution in [0.4, 0.5) is 4.79 Å². The lowest BCUT2D eigenvalue weighted by Gasteiger charge is -2.27. The first-order valence-corrected chi connectivity index (χ1v) is 6.31. The number of likely N-dealkylation sites (tertiary alicyclic amines) is 1. The van der Waals surface area contributed by atoms with Gasteiger partial charge in [0, 0.05) is 12.6 Å². The molecule has 19 heavy (non-hydrogen) atoms. The van der Waals surface area contributed by atoms with Gasteiger partial charge in [-0.05, 0) is 18.8 Å². The smallest absolute Gasteiger partial charge is 0.329 e. The molecule has 0 bridgehead atoms. The van der Waals surface area contributed by atoms with E-state index in [0.29, 0.717) is 12.5 Å². The van der Waals surface area contributed by atoms with Crippen molar-refractivity contribution < 1.29 is 24.2 Å². The quantitative estimate of drug-likeness (QED) is 0.757. The summed E-state index contributed by atoms with van der Waals surface area (Å²) in [5, 5.41) is 10.6. The second-order valence-corrected chi connectivity index (χ2v) is 4.89. The number of carbonyl (C=O) groups is 3. The zero-order valence-electron chi connectivity index (χ0n) is 11.2. The molecule has 108 valence electrons. The van der Waals surface area contributed by atoms with Crippen molar-refractivity contribution in [2.24, 2.45) is 5.92 Å². The summed E-state index contributed by atoms with van der Waals surface area (Å²) in [6.45, 7) is 3.72. The van der Waals surface area contributed by atoms with Gasteiger partial charge in [0.1, 0.15) is 13.2 Å². The number of carboxylic acids is 1. The van der Waals surface area contributed by atoms with Gasteiger partial charge in [-0.2, -0.15) is 0 Å². The fourth-order valence-corrected chi connectivity index (χ4v) is 2.20. The van der Waals surface area contributed by atoms with E-state index in [1.807, 2.05) is 13.8 Å². The van der Waals surface area contributed by atoms with Crippen LogP contribution in [0.3, 0.4) is 0 Å². The monoisotopic (exact) mass is 272 g/mol. The third-order valence-corrected chi connectivity index (χ3v) is 3.03. The summed E-state index contributed by atoms with van der Waals surface area (Å²) in [5.41, 5.74) is 0. The number of urea groups is 1. The van der Waals surface area contributed by atoms with Crippen molar-refractivity contribution in [2.45, 2.75) is 32.7 Å². The van der Waals surface area contributed by atoms with Crippen LogP contribution in [0, 0.1) is 5.92 Å². The predicted molar refractivity (Wildman–Crippen MR) is 66.6 cm³/mol. The maximum Gasteiger partial charge on any atom is 0.329 e. The van der Waals surface area contributed by atoms with Crippen molar-refractivity contribution in [1.82, 2.24) is 10.2 Å². The number of ether oxygens (including phenoxy) is 1. The highest BCUT2D eigenvalue weighted by Crippen LogP contribution is 2.23. The van der Waals surface area contributed by atoms with Gasteiger partial charge in [-0.1, -0.05) is 13.8 Å². The highest BCUT2D eigenvalue weighted by atomic mass is 16.5. The predicted octanol–water partition coefficient (Wildman–Crippen LogP) is 0.444. The van der Waals surface area contributed by atoms with Gasteiger partial charge < -0.3 is 14.7 Å². The first-order valence-electron chi connectivity index (χ1n) is 6.31. The summed E-state index contributed by atoms with van der Waals surface area (Å²) in [6.07, 6.45) is 1.87. The fourth-order valence-electron chi connectivity index (χ4n) is 2.20. The van der Waals surface area contributed by atoms with Gasteiger partial charge in [0.15, 0.2) is 0 Å². The molecule has 1 unspecified atom stereocenters. The third-order valence-electron chi connectivity index (χ3n) is 3.03. The molecule has 0 saturated carbocycles. The van der Waals surface area contributed by atoms with Crippen LogP contribution in [0.25, 0.3) is 0 Å². The van der Waals surface area contributed by atoms with E-state index in [4.69, 9.17) is 5.11 Å². The number of aliphatic carboxylic acids is 1. The van der Waals surface area contributed by atoms with Crippen molar-refractivity contribution in [3.8, 4) is 0 Å². The van der Waals surface area contributed by atoms with Gasteiger partial charge in [-0.25, -0.2) is 9.59 Å². The molecule has 7 nitrogen and oxygen atoms in total. The molecule has 1 fully saturated rings. The van der Waals surface area contributed by atoms with Crippen LogP contribution >= 0.6 is 0 Å². The topological polar surface area (TPSA) is 95.9 Å². The van der Waals surface area contributed by atoms with Gasteiger partial charge in [0.25, 0.3) is 5.91 Å². The van der Waals surface area contributed by atoms with Crippen LogP contribution in [0.1, 0.15) is 26.7 Å². The van der Waals surface area contributed by atoms with Gasteiger partial charge in [-0.3, -0.25) is 10.1 Å². The zero-order chi connectivity index (χ0) is 14.4. The van der Waals surface area contributed by atoms with Crippen molar-refractivity contribution >= 4 is 17.9 Å². The average Bonchev–Trinajstić information content (AvgIpc) is 2.77. The number of carboxylic acid groups (broad SMARTS) is 1. The molecule has 0 radical (unpaired) electrons. The van der Waals surface area contributed by atoms with E-state index < -0.39 is 31.1 Å². The Hall–Kier alpha value is -1.63. The number of imide groups is 1. The minimum Gasteiger partial charge on any atom is -0.480 e. The van der Waals surface area contributed by atoms with Gasteiger partial charge >= 0.3 is 12.0 Å². The minimum absolute atomic E-state index is 0.146. The molecule has 1 aliphatic heterocycles. The fraction of sp³-hybridized carbons (Fsp3) is 0.750. The molecule has 1 saturated heterocycles. The molecule has 0 aliphatic carbocycles. The maximum atomic E-state index is 11.9. The Balaban J connectivity index is 2.37. The normalized spacial score (nSPS) is 18.7. The molecule has 0 aromatic rings. The average molecular weight is 272 g/mol. The standard InChI is InChI=1S/C12H20N2O5/c1-8(2)9-4-3-5-14(9)12(18)13-10(15)6-19-7-11(16)17/h8-9H,3-7H2,1-2H3,(H,16,17)(H,13,15,18). The van der Waals surface area contributed by atoms with Crippen LogP contribution < -0.4 is 5.32 Å². The van der Waals surface area contributed by atoms with E-state index in [2.05, 4.69) is 10.1 Å². The Labute approximate surface area is 111 Å². The second kappa shape index (κ2) is 7.08. The summed E-state index contributed by atoms with van der Waals surface area (Å²) in [7, 11) is 0. The largest absolute Gasteiger partial charge is 0.480 e. The van der Waals surface area contributed by atoms with Crippen LogP contribution in [0.2, 0.25) is 0 Å². The Kier molecular flexibility index (Phi) is 5.75. The number of hydrogen-bond donors (Lipinski definition) is 2. The van der Waals surface area contributed by atoms with E-state index >= 15 is 0 Å². The molecule has 1 heterocycles. The van der Waals surface area contributed by atoms with E-state index in [1.165, 1.54) is 0 Å². The molecule has 0 aromatic carbocycles. The number of rotatable bonds is 5. The number of carbonyl (C=O) groups excluding carboxylic acids is 2. The third kappa shape index (κ3) is 4.86. The van der Waals surface area contributed by atoms with E-state index in [-0.39, 0.29) is 6.04 Å². The summed E-state index contributed by atoms with van der Waals surface area (Å²) in [5.74, 6) is -1.44. The highest BCUT2D eigenvalue weighted by Gasteiger charge is 2.31. The Morgan fingerprint density at radius 2 is 2.05 bits per heavy atom. The van der Waals surface area contributed by atoms with Crippen LogP contribution in [0.15, 0.2) is 0 Å². The second-order valence-electron chi connectivity index (χ2n) is 4.89. The molecule has 3 amide bonds. The summed E-state index contributed by atoms with van der Waals surface area (Å²) in [4.78, 5) is 35.1. The Bertz CT molecular complexity index is 356. The van der Waals surface area contributed by atoms with Gasteiger partial charge in [0.2, 0.25) is 0 Å². The first kappa shape index (κ1) is 15.4. The van der Waals surface area contributed by atoms with E-state index in [9.17, 15) is 14.4 Å². The number of nitrogens with zero attached hydrogens (tertiary/aromatic N) is 1. The number of nitrogens with one attached hydrogen (secondary N) is 1. The lowest BCUT2D eigenvalue weighted by atomic mass is 10.0. The van der Waals surface area contributed by atoms with Crippen LogP contribution in [-0.4, -0.2) is 53.7 Å². The van der Waals surface area contributed by atoms with Crippen molar-refractivity contribution in [1.29, 1.82) is 0 Å². The number of hydrogen-bond acceptors (Lipinski definition) is 4. The number of amides is 3. The van der Waals surface area contributed by atoms with E-state index in [1.54, 1.807) is 4.90 Å². The van der Waals surface area contributed by atoms with Crippen molar-refractivity contribution in [2.75, 3.05) is 19.8 Å². The highest BCUT2D eigenvalue weighted by molar-refractivity contribution is 5.95. The zero-order valence-corrected chi connectivity index (χ0v) is 11.2. The first-order chi connectivity index (χ1) is 8.91. The summed E-state index contributed by atoms with van der Waals surface area (Å²) >= 11 is 0. The molecular weight excluding hydrogens is 252 g/mol. The van der Waals surface area contributed by atoms with Gasteiger partial charge in [-0.15, -0.1) is 0 Å². The minimum atomic E-state index is -1.15. The molecular formula is C12H20N2O5. The Morgan fingerprint density at radius 1 is 1.37 bits per heavy atom. The van der Waals surface area contributed by atoms with Crippen LogP contribution in [-0.2, 0) is 14.3 Å². The lowest BCUT2D eigenvalue weighted by molar-refractivity contribution is -0.143. The SMILES string of the molecule is CC(C)C1CCCN1C(=O)NC(=O)COCC(=O)O. The molecule has 1 aliphatic rings. The van der Waals surface area contributed by atoms with E-state index in [0.717, 1.165) is 12.8 Å². The lowest BCUT2D eigenvalue weighted by Crippen LogP contribution is -2.47. The molecule has 0 spiro atoms. The maximum absolute atomic E-state index is 11.9. The molecule has 1 atom stereocenters. The summed E-state index contributed by atoms with van der Waals surface area (Å²) < 4.78 is 4.61.